The minimum absolute atomic E-state index is 0.0660. The van der Waals surface area contributed by atoms with Crippen molar-refractivity contribution in [2.45, 2.75) is 6.92 Å². The molecule has 1 fully saturated rings. The van der Waals surface area contributed by atoms with Crippen LogP contribution in [0.2, 0.25) is 0 Å². The third kappa shape index (κ3) is 4.21. The summed E-state index contributed by atoms with van der Waals surface area (Å²) < 4.78 is 0. The van der Waals surface area contributed by atoms with Gasteiger partial charge in [-0.1, -0.05) is 0 Å². The maximum Gasteiger partial charge on any atom is 0.257 e. The van der Waals surface area contributed by atoms with Crippen LogP contribution in [0.5, 0.6) is 0 Å². The van der Waals surface area contributed by atoms with Gasteiger partial charge in [0.25, 0.3) is 5.91 Å². The topological polar surface area (TPSA) is 53.6 Å². The van der Waals surface area contributed by atoms with E-state index in [4.69, 9.17) is 4.84 Å². The number of amides is 1. The lowest BCUT2D eigenvalue weighted by atomic mass is 10.3. The monoisotopic (exact) mass is 187 g/mol. The summed E-state index contributed by atoms with van der Waals surface area (Å²) in [7, 11) is 0. The number of nitrogens with zero attached hydrogens (tertiary/aromatic N) is 1. The van der Waals surface area contributed by atoms with Crippen LogP contribution in [0.25, 0.3) is 0 Å². The van der Waals surface area contributed by atoms with E-state index in [1.807, 2.05) is 6.92 Å². The molecule has 0 aromatic rings. The molecular weight excluding hydrogens is 170 g/mol. The maximum absolute atomic E-state index is 11.2. The molecule has 0 bridgehead atoms. The molecule has 1 heterocycles. The molecule has 1 saturated heterocycles. The van der Waals surface area contributed by atoms with Crippen LogP contribution < -0.4 is 10.8 Å². The van der Waals surface area contributed by atoms with Crippen LogP contribution in [-0.4, -0.2) is 50.1 Å². The highest BCUT2D eigenvalue weighted by molar-refractivity contribution is 5.76. The molecule has 0 spiro atoms. The lowest BCUT2D eigenvalue weighted by molar-refractivity contribution is -0.134. The number of rotatable bonds is 4. The van der Waals surface area contributed by atoms with Gasteiger partial charge in [-0.25, -0.2) is 5.48 Å². The summed E-state index contributed by atoms with van der Waals surface area (Å²) in [6, 6.07) is 0. The fourth-order valence-electron chi connectivity index (χ4n) is 1.26. The molecule has 76 valence electrons. The summed E-state index contributed by atoms with van der Waals surface area (Å²) in [6.45, 7) is 6.56. The first-order valence-electron chi connectivity index (χ1n) is 4.66. The molecule has 0 radical (unpaired) electrons. The van der Waals surface area contributed by atoms with Gasteiger partial charge in [0.1, 0.15) is 0 Å². The lowest BCUT2D eigenvalue weighted by Gasteiger charge is -2.26. The summed E-state index contributed by atoms with van der Waals surface area (Å²) in [5.74, 6) is -0.0660. The standard InChI is InChI=1S/C8H17N3O2/c1-2-13-10-8(12)7-11-5-3-9-4-6-11/h9H,2-7H2,1H3,(H,10,12). The summed E-state index contributed by atoms with van der Waals surface area (Å²) in [5, 5.41) is 3.23. The Hall–Kier alpha value is -0.650. The van der Waals surface area contributed by atoms with Crippen LogP contribution >= 0.6 is 0 Å². The highest BCUT2D eigenvalue weighted by Gasteiger charge is 2.12. The molecule has 0 aromatic heterocycles. The minimum Gasteiger partial charge on any atom is -0.314 e. The number of carbonyl (C=O) groups is 1. The first kappa shape index (κ1) is 10.4. The molecule has 1 amide bonds. The van der Waals surface area contributed by atoms with Gasteiger partial charge in [-0.2, -0.15) is 0 Å². The zero-order valence-electron chi connectivity index (χ0n) is 8.01. The van der Waals surface area contributed by atoms with Gasteiger partial charge in [0.15, 0.2) is 0 Å². The normalized spacial score (nSPS) is 18.5. The van der Waals surface area contributed by atoms with Crippen LogP contribution in [0.1, 0.15) is 6.92 Å². The van der Waals surface area contributed by atoms with Gasteiger partial charge in [0, 0.05) is 26.2 Å². The molecule has 1 aliphatic rings. The van der Waals surface area contributed by atoms with Crippen molar-refractivity contribution < 1.29 is 9.63 Å². The van der Waals surface area contributed by atoms with Gasteiger partial charge in [-0.05, 0) is 6.92 Å². The van der Waals surface area contributed by atoms with Crippen LogP contribution in [0, 0.1) is 0 Å². The first-order chi connectivity index (χ1) is 6.33. The number of piperazine rings is 1. The predicted molar refractivity (Wildman–Crippen MR) is 49.1 cm³/mol. The Kier molecular flexibility index (Phi) is 4.74. The Balaban J connectivity index is 2.11. The molecule has 13 heavy (non-hydrogen) atoms. The van der Waals surface area contributed by atoms with E-state index in [-0.39, 0.29) is 5.91 Å². The van der Waals surface area contributed by atoms with Crippen molar-refractivity contribution in [1.82, 2.24) is 15.7 Å². The second kappa shape index (κ2) is 5.90. The third-order valence-corrected chi connectivity index (χ3v) is 1.91. The quantitative estimate of drug-likeness (QED) is 0.552. The van der Waals surface area contributed by atoms with Gasteiger partial charge in [0.05, 0.1) is 13.2 Å². The van der Waals surface area contributed by atoms with Gasteiger partial charge >= 0.3 is 0 Å². The Morgan fingerprint density at radius 2 is 2.23 bits per heavy atom. The molecule has 1 rings (SSSR count). The Labute approximate surface area is 78.4 Å². The molecule has 0 atom stereocenters. The number of nitrogens with one attached hydrogen (secondary N) is 2. The van der Waals surface area contributed by atoms with E-state index >= 15 is 0 Å². The van der Waals surface area contributed by atoms with Gasteiger partial charge < -0.3 is 5.32 Å². The molecule has 0 unspecified atom stereocenters. The summed E-state index contributed by atoms with van der Waals surface area (Å²) >= 11 is 0. The molecule has 0 aromatic carbocycles. The third-order valence-electron chi connectivity index (χ3n) is 1.91. The minimum atomic E-state index is -0.0660. The van der Waals surface area contributed by atoms with Crippen LogP contribution in [0.3, 0.4) is 0 Å². The summed E-state index contributed by atoms with van der Waals surface area (Å²) in [6.07, 6.45) is 0. The van der Waals surface area contributed by atoms with Crippen molar-refractivity contribution in [3.63, 3.8) is 0 Å². The Morgan fingerprint density at radius 1 is 1.54 bits per heavy atom. The second-order valence-corrected chi connectivity index (χ2v) is 2.98. The predicted octanol–water partition coefficient (Wildman–Crippen LogP) is -1.04. The van der Waals surface area contributed by atoms with E-state index in [2.05, 4.69) is 15.7 Å². The molecule has 0 saturated carbocycles. The number of carbonyl (C=O) groups excluding carboxylic acids is 1. The van der Waals surface area contributed by atoms with Crippen molar-refractivity contribution in [3.05, 3.63) is 0 Å². The van der Waals surface area contributed by atoms with Crippen LogP contribution in [0.4, 0.5) is 0 Å². The van der Waals surface area contributed by atoms with Crippen molar-refractivity contribution in [2.24, 2.45) is 0 Å². The smallest absolute Gasteiger partial charge is 0.257 e. The lowest BCUT2D eigenvalue weighted by Crippen LogP contribution is -2.47. The SMILES string of the molecule is CCONC(=O)CN1CCNCC1. The van der Waals surface area contributed by atoms with E-state index in [0.717, 1.165) is 26.2 Å². The molecule has 5 nitrogen and oxygen atoms in total. The largest absolute Gasteiger partial charge is 0.314 e. The van der Waals surface area contributed by atoms with E-state index in [1.165, 1.54) is 0 Å². The summed E-state index contributed by atoms with van der Waals surface area (Å²) in [4.78, 5) is 18.1. The number of hydroxylamine groups is 1. The fraction of sp³-hybridized carbons (Fsp3) is 0.875. The molecule has 0 aliphatic carbocycles. The zero-order chi connectivity index (χ0) is 9.52. The molecule has 2 N–H and O–H groups in total. The summed E-state index contributed by atoms with van der Waals surface area (Å²) in [5.41, 5.74) is 2.38. The molecule has 1 aliphatic heterocycles. The van der Waals surface area contributed by atoms with Crippen molar-refractivity contribution in [1.29, 1.82) is 0 Å². The Bertz CT molecular complexity index is 157. The maximum atomic E-state index is 11.2. The van der Waals surface area contributed by atoms with Crippen molar-refractivity contribution >= 4 is 5.91 Å². The number of hydrogen-bond acceptors (Lipinski definition) is 4. The first-order valence-corrected chi connectivity index (χ1v) is 4.66. The zero-order valence-corrected chi connectivity index (χ0v) is 8.01. The molecular formula is C8H17N3O2. The van der Waals surface area contributed by atoms with Crippen molar-refractivity contribution in [3.8, 4) is 0 Å². The second-order valence-electron chi connectivity index (χ2n) is 2.98. The average molecular weight is 187 g/mol. The van der Waals surface area contributed by atoms with Gasteiger partial charge in [-0.15, -0.1) is 0 Å². The average Bonchev–Trinajstić information content (AvgIpc) is 2.16. The number of hydrogen-bond donors (Lipinski definition) is 2. The van der Waals surface area contributed by atoms with Crippen LogP contribution in [0.15, 0.2) is 0 Å². The Morgan fingerprint density at radius 3 is 2.85 bits per heavy atom. The highest BCUT2D eigenvalue weighted by atomic mass is 16.6. The van der Waals surface area contributed by atoms with Crippen molar-refractivity contribution in [2.75, 3.05) is 39.3 Å². The van der Waals surface area contributed by atoms with E-state index in [9.17, 15) is 4.79 Å². The van der Waals surface area contributed by atoms with Gasteiger partial charge in [0.2, 0.25) is 0 Å². The van der Waals surface area contributed by atoms with Gasteiger partial charge in [-0.3, -0.25) is 14.5 Å². The molecule has 5 heteroatoms. The van der Waals surface area contributed by atoms with E-state index < -0.39 is 0 Å². The van der Waals surface area contributed by atoms with E-state index in [1.54, 1.807) is 0 Å². The fourth-order valence-corrected chi connectivity index (χ4v) is 1.26. The van der Waals surface area contributed by atoms with E-state index in [0.29, 0.717) is 13.2 Å². The van der Waals surface area contributed by atoms with Crippen LogP contribution in [-0.2, 0) is 9.63 Å². The highest BCUT2D eigenvalue weighted by Crippen LogP contribution is 1.90.